The van der Waals surface area contributed by atoms with Gasteiger partial charge in [-0.15, -0.1) is 0 Å². The fourth-order valence-electron chi connectivity index (χ4n) is 3.21. The van der Waals surface area contributed by atoms with Gasteiger partial charge in [-0.05, 0) is 13.8 Å². The molecule has 0 radical (unpaired) electrons. The van der Waals surface area contributed by atoms with Gasteiger partial charge in [0, 0.05) is 13.5 Å². The predicted molar refractivity (Wildman–Crippen MR) is 58.9 cm³/mol. The first-order valence-electron chi connectivity index (χ1n) is 6.13. The van der Waals surface area contributed by atoms with Crippen molar-refractivity contribution in [2.45, 2.75) is 56.1 Å². The minimum Gasteiger partial charge on any atom is -0.387 e. The summed E-state index contributed by atoms with van der Waals surface area (Å²) in [6, 6.07) is 0. The number of rotatable bonds is 1. The van der Waals surface area contributed by atoms with Gasteiger partial charge in [0.05, 0.1) is 6.10 Å². The van der Waals surface area contributed by atoms with E-state index in [2.05, 4.69) is 0 Å². The van der Waals surface area contributed by atoms with Crippen molar-refractivity contribution >= 4 is 5.78 Å². The molecule has 6 heteroatoms. The second-order valence-corrected chi connectivity index (χ2v) is 5.58. The smallest absolute Gasteiger partial charge is 0.193 e. The number of aliphatic hydroxyl groups excluding tert-OH is 1. The van der Waals surface area contributed by atoms with Crippen molar-refractivity contribution in [3.63, 3.8) is 0 Å². The highest BCUT2D eigenvalue weighted by Gasteiger charge is 2.64. The fraction of sp³-hybridized carbons (Fsp3) is 0.917. The van der Waals surface area contributed by atoms with E-state index >= 15 is 0 Å². The molecule has 0 unspecified atom stereocenters. The summed E-state index contributed by atoms with van der Waals surface area (Å²) in [7, 11) is 1.44. The summed E-state index contributed by atoms with van der Waals surface area (Å²) in [4.78, 5) is 12.0. The Morgan fingerprint density at radius 3 is 2.67 bits per heavy atom. The number of hydrogen-bond donors (Lipinski definition) is 1. The SMILES string of the molecule is CO[C@]12C[C@H](OCC1=O)[C@@H]1OC(C)(C)O[C@@H]1[C@@H]2O. The summed E-state index contributed by atoms with van der Waals surface area (Å²) >= 11 is 0. The number of hydrogen-bond acceptors (Lipinski definition) is 6. The lowest BCUT2D eigenvalue weighted by atomic mass is 9.73. The van der Waals surface area contributed by atoms with Gasteiger partial charge >= 0.3 is 0 Å². The summed E-state index contributed by atoms with van der Waals surface area (Å²) < 4.78 is 22.3. The molecule has 0 aromatic heterocycles. The standard InChI is InChI=1S/C12H18O6/c1-11(2)17-8-6-4-12(15-3,7(13)5-16-6)10(14)9(8)18-11/h6,8-10,14H,4-5H2,1-3H3/t6-,8-,9-,10-,12+/m0/s1. The summed E-state index contributed by atoms with van der Waals surface area (Å²) in [6.07, 6.45) is -1.95. The van der Waals surface area contributed by atoms with Gasteiger partial charge in [-0.25, -0.2) is 0 Å². The molecule has 2 aliphatic heterocycles. The molecule has 1 N–H and O–H groups in total. The minimum atomic E-state index is -1.21. The Labute approximate surface area is 105 Å². The van der Waals surface area contributed by atoms with Crippen molar-refractivity contribution in [3.8, 4) is 0 Å². The topological polar surface area (TPSA) is 74.2 Å². The summed E-state index contributed by atoms with van der Waals surface area (Å²) in [5, 5.41) is 10.4. The van der Waals surface area contributed by atoms with Gasteiger partial charge in [0.25, 0.3) is 0 Å². The lowest BCUT2D eigenvalue weighted by molar-refractivity contribution is -0.230. The van der Waals surface area contributed by atoms with E-state index in [1.807, 2.05) is 0 Å². The highest BCUT2D eigenvalue weighted by Crippen LogP contribution is 2.45. The van der Waals surface area contributed by atoms with Crippen molar-refractivity contribution in [2.75, 3.05) is 13.7 Å². The van der Waals surface area contributed by atoms with Crippen LogP contribution >= 0.6 is 0 Å². The highest BCUT2D eigenvalue weighted by atomic mass is 16.8. The van der Waals surface area contributed by atoms with Gasteiger partial charge < -0.3 is 24.1 Å². The maximum Gasteiger partial charge on any atom is 0.193 e. The molecular formula is C12H18O6. The minimum absolute atomic E-state index is 0.0530. The molecule has 3 rings (SSSR count). The van der Waals surface area contributed by atoms with Crippen LogP contribution < -0.4 is 0 Å². The van der Waals surface area contributed by atoms with E-state index in [1.165, 1.54) is 7.11 Å². The van der Waals surface area contributed by atoms with Crippen LogP contribution in [0.4, 0.5) is 0 Å². The monoisotopic (exact) mass is 258 g/mol. The Balaban J connectivity index is 1.98. The number of carbonyl (C=O) groups excluding carboxylic acids is 1. The van der Waals surface area contributed by atoms with Crippen LogP contribution in [0.25, 0.3) is 0 Å². The Hall–Kier alpha value is -0.530. The molecule has 3 fully saturated rings. The molecule has 102 valence electrons. The zero-order valence-corrected chi connectivity index (χ0v) is 10.7. The third kappa shape index (κ3) is 1.50. The lowest BCUT2D eigenvalue weighted by Crippen LogP contribution is -2.69. The molecule has 2 bridgehead atoms. The van der Waals surface area contributed by atoms with E-state index < -0.39 is 23.6 Å². The maximum atomic E-state index is 12.0. The predicted octanol–water partition coefficient (Wildman–Crippen LogP) is -0.376. The molecule has 6 nitrogen and oxygen atoms in total. The van der Waals surface area contributed by atoms with E-state index in [9.17, 15) is 9.90 Å². The van der Waals surface area contributed by atoms with E-state index in [0.717, 1.165) is 0 Å². The van der Waals surface area contributed by atoms with Crippen LogP contribution in [0.15, 0.2) is 0 Å². The number of methoxy groups -OCH3 is 1. The fourth-order valence-corrected chi connectivity index (χ4v) is 3.21. The molecule has 1 aliphatic carbocycles. The number of aliphatic hydroxyl groups is 1. The van der Waals surface area contributed by atoms with Gasteiger partial charge in [0.1, 0.15) is 24.9 Å². The van der Waals surface area contributed by atoms with Crippen LogP contribution in [0.3, 0.4) is 0 Å². The molecule has 0 spiro atoms. The first-order chi connectivity index (χ1) is 8.39. The second kappa shape index (κ2) is 3.74. The van der Waals surface area contributed by atoms with Crippen molar-refractivity contribution in [3.05, 3.63) is 0 Å². The number of ketones is 1. The van der Waals surface area contributed by atoms with Crippen LogP contribution in [-0.4, -0.2) is 60.4 Å². The van der Waals surface area contributed by atoms with Crippen LogP contribution in [-0.2, 0) is 23.7 Å². The van der Waals surface area contributed by atoms with E-state index in [-0.39, 0.29) is 24.6 Å². The normalized spacial score (nSPS) is 50.1. The maximum absolute atomic E-state index is 12.0. The molecule has 1 saturated carbocycles. The van der Waals surface area contributed by atoms with E-state index in [1.54, 1.807) is 13.8 Å². The molecule has 5 atom stereocenters. The van der Waals surface area contributed by atoms with Crippen molar-refractivity contribution in [1.82, 2.24) is 0 Å². The molecule has 0 aromatic carbocycles. The zero-order valence-electron chi connectivity index (χ0n) is 10.7. The largest absolute Gasteiger partial charge is 0.387 e. The average molecular weight is 258 g/mol. The van der Waals surface area contributed by atoms with Gasteiger partial charge in [-0.1, -0.05) is 0 Å². The van der Waals surface area contributed by atoms with Crippen LogP contribution in [0.5, 0.6) is 0 Å². The second-order valence-electron chi connectivity index (χ2n) is 5.58. The molecule has 2 saturated heterocycles. The Bertz CT molecular complexity index is 381. The number of ether oxygens (including phenoxy) is 4. The zero-order chi connectivity index (χ0) is 13.1. The number of carbonyl (C=O) groups is 1. The van der Waals surface area contributed by atoms with Crippen LogP contribution in [0.1, 0.15) is 20.3 Å². The van der Waals surface area contributed by atoms with Crippen LogP contribution in [0, 0.1) is 0 Å². The Kier molecular flexibility index (Phi) is 2.60. The van der Waals surface area contributed by atoms with Crippen molar-refractivity contribution in [1.29, 1.82) is 0 Å². The average Bonchev–Trinajstić information content (AvgIpc) is 2.65. The first-order valence-corrected chi connectivity index (χ1v) is 6.13. The highest BCUT2D eigenvalue weighted by molar-refractivity contribution is 5.90. The Morgan fingerprint density at radius 1 is 1.33 bits per heavy atom. The number of Topliss-reactive ketones (excluding diaryl/α,β-unsaturated/α-hetero) is 1. The first kappa shape index (κ1) is 12.5. The quantitative estimate of drug-likeness (QED) is 0.691. The number of fused-ring (bicyclic) bond motifs is 4. The lowest BCUT2D eigenvalue weighted by Gasteiger charge is -2.49. The summed E-state index contributed by atoms with van der Waals surface area (Å²) in [5.74, 6) is -1.02. The summed E-state index contributed by atoms with van der Waals surface area (Å²) in [6.45, 7) is 3.51. The van der Waals surface area contributed by atoms with Gasteiger partial charge in [0.2, 0.25) is 0 Å². The molecular weight excluding hydrogens is 240 g/mol. The molecule has 0 aromatic rings. The van der Waals surface area contributed by atoms with E-state index in [0.29, 0.717) is 6.42 Å². The Morgan fingerprint density at radius 2 is 2.00 bits per heavy atom. The van der Waals surface area contributed by atoms with Gasteiger partial charge in [-0.3, -0.25) is 4.79 Å². The molecule has 0 amide bonds. The van der Waals surface area contributed by atoms with Crippen LogP contribution in [0.2, 0.25) is 0 Å². The molecule has 18 heavy (non-hydrogen) atoms. The molecule has 3 aliphatic rings. The van der Waals surface area contributed by atoms with E-state index in [4.69, 9.17) is 18.9 Å². The van der Waals surface area contributed by atoms with Crippen molar-refractivity contribution < 1.29 is 28.8 Å². The van der Waals surface area contributed by atoms with Crippen molar-refractivity contribution in [2.24, 2.45) is 0 Å². The third-order valence-electron chi connectivity index (χ3n) is 4.09. The third-order valence-corrected chi connectivity index (χ3v) is 4.09. The molecule has 2 heterocycles. The summed E-state index contributed by atoms with van der Waals surface area (Å²) in [5.41, 5.74) is -1.21. The van der Waals surface area contributed by atoms with Gasteiger partial charge in [0.15, 0.2) is 17.2 Å². The van der Waals surface area contributed by atoms with Gasteiger partial charge in [-0.2, -0.15) is 0 Å².